The maximum absolute atomic E-state index is 11.7. The van der Waals surface area contributed by atoms with Gasteiger partial charge in [0, 0.05) is 0 Å². The summed E-state index contributed by atoms with van der Waals surface area (Å²) in [4.78, 5) is 33.2. The summed E-state index contributed by atoms with van der Waals surface area (Å²) in [5, 5.41) is 18.2. The number of carboxylic acid groups (broad SMARTS) is 1. The first-order chi connectivity index (χ1) is 8.99. The smallest absolute Gasteiger partial charge is 0.313 e. The van der Waals surface area contributed by atoms with Crippen LogP contribution in [-0.4, -0.2) is 35.0 Å². The van der Waals surface area contributed by atoms with E-state index in [2.05, 4.69) is 0 Å². The van der Waals surface area contributed by atoms with Crippen molar-refractivity contribution in [3.63, 3.8) is 0 Å². The van der Waals surface area contributed by atoms with E-state index in [1.165, 1.54) is 18.2 Å². The molecule has 102 valence electrons. The van der Waals surface area contributed by atoms with Crippen LogP contribution in [0.4, 0.5) is 0 Å². The van der Waals surface area contributed by atoms with Crippen LogP contribution in [0.15, 0.2) is 18.2 Å². The lowest BCUT2D eigenvalue weighted by Crippen LogP contribution is -2.19. The minimum Gasteiger partial charge on any atom is -0.507 e. The Hall–Kier alpha value is -2.37. The van der Waals surface area contributed by atoms with Gasteiger partial charge < -0.3 is 14.9 Å². The molecule has 1 unspecified atom stereocenters. The summed E-state index contributed by atoms with van der Waals surface area (Å²) in [6, 6.07) is 3.92. The van der Waals surface area contributed by atoms with Crippen LogP contribution in [-0.2, 0) is 14.3 Å². The van der Waals surface area contributed by atoms with E-state index in [0.717, 1.165) is 0 Å². The molecule has 19 heavy (non-hydrogen) atoms. The normalized spacial score (nSPS) is 11.6. The van der Waals surface area contributed by atoms with Gasteiger partial charge in [-0.3, -0.25) is 14.4 Å². The van der Waals surface area contributed by atoms with Gasteiger partial charge in [-0.15, -0.1) is 0 Å². The van der Waals surface area contributed by atoms with Gasteiger partial charge in [0.25, 0.3) is 0 Å². The Morgan fingerprint density at radius 3 is 2.63 bits per heavy atom. The summed E-state index contributed by atoms with van der Waals surface area (Å²) in [6.45, 7) is 1.75. The Labute approximate surface area is 109 Å². The van der Waals surface area contributed by atoms with Crippen molar-refractivity contribution in [1.29, 1.82) is 0 Å². The number of carbonyl (C=O) groups excluding carboxylic acids is 2. The molecular formula is C13H14O6. The van der Waals surface area contributed by atoms with Crippen molar-refractivity contribution >= 4 is 18.2 Å². The maximum Gasteiger partial charge on any atom is 0.313 e. The number of aldehydes is 1. The van der Waals surface area contributed by atoms with Crippen LogP contribution in [0, 0.1) is 0 Å². The summed E-state index contributed by atoms with van der Waals surface area (Å²) >= 11 is 0. The Balaban J connectivity index is 3.12. The van der Waals surface area contributed by atoms with Gasteiger partial charge in [0.05, 0.1) is 24.5 Å². The Bertz CT molecular complexity index is 494. The number of carbonyl (C=O) groups is 3. The van der Waals surface area contributed by atoms with E-state index < -0.39 is 24.3 Å². The number of esters is 1. The molecule has 0 fully saturated rings. The molecule has 0 spiro atoms. The first-order valence-corrected chi connectivity index (χ1v) is 5.66. The van der Waals surface area contributed by atoms with E-state index in [4.69, 9.17) is 9.84 Å². The minimum atomic E-state index is -1.15. The van der Waals surface area contributed by atoms with Crippen LogP contribution in [0.3, 0.4) is 0 Å². The molecular weight excluding hydrogens is 252 g/mol. The summed E-state index contributed by atoms with van der Waals surface area (Å²) in [6.07, 6.45) is -0.0102. The fourth-order valence-electron chi connectivity index (χ4n) is 1.64. The van der Waals surface area contributed by atoms with Crippen molar-refractivity contribution in [1.82, 2.24) is 0 Å². The largest absolute Gasteiger partial charge is 0.507 e. The summed E-state index contributed by atoms with van der Waals surface area (Å²) < 4.78 is 4.81. The third kappa shape index (κ3) is 3.80. The van der Waals surface area contributed by atoms with Crippen molar-refractivity contribution in [2.75, 3.05) is 6.61 Å². The topological polar surface area (TPSA) is 101 Å². The van der Waals surface area contributed by atoms with Gasteiger partial charge in [-0.2, -0.15) is 0 Å². The third-order valence-corrected chi connectivity index (χ3v) is 2.53. The molecule has 0 aliphatic heterocycles. The fourth-order valence-corrected chi connectivity index (χ4v) is 1.64. The van der Waals surface area contributed by atoms with Gasteiger partial charge in [-0.25, -0.2) is 0 Å². The summed E-state index contributed by atoms with van der Waals surface area (Å²) in [5.41, 5.74) is 0.318. The van der Waals surface area contributed by atoms with Crippen LogP contribution < -0.4 is 0 Å². The highest BCUT2D eigenvalue weighted by atomic mass is 16.5. The van der Waals surface area contributed by atoms with E-state index in [1.54, 1.807) is 6.92 Å². The van der Waals surface area contributed by atoms with Crippen LogP contribution >= 0.6 is 0 Å². The zero-order valence-corrected chi connectivity index (χ0v) is 10.3. The highest BCUT2D eigenvalue weighted by Crippen LogP contribution is 2.26. The molecule has 0 aliphatic carbocycles. The highest BCUT2D eigenvalue weighted by Gasteiger charge is 2.25. The van der Waals surface area contributed by atoms with Gasteiger partial charge in [0.1, 0.15) is 5.75 Å². The van der Waals surface area contributed by atoms with E-state index in [0.29, 0.717) is 11.8 Å². The number of rotatable bonds is 6. The van der Waals surface area contributed by atoms with Crippen LogP contribution in [0.25, 0.3) is 0 Å². The van der Waals surface area contributed by atoms with Gasteiger partial charge in [-0.05, 0) is 24.6 Å². The first-order valence-electron chi connectivity index (χ1n) is 5.66. The zero-order chi connectivity index (χ0) is 14.4. The summed E-state index contributed by atoms with van der Waals surface area (Å²) in [5.74, 6) is -3.06. The number of aliphatic carboxylic acids is 1. The highest BCUT2D eigenvalue weighted by molar-refractivity contribution is 5.85. The van der Waals surface area contributed by atoms with Crippen molar-refractivity contribution in [2.24, 2.45) is 0 Å². The Morgan fingerprint density at radius 1 is 1.42 bits per heavy atom. The zero-order valence-electron chi connectivity index (χ0n) is 10.3. The van der Waals surface area contributed by atoms with Crippen LogP contribution in [0.5, 0.6) is 5.75 Å². The molecule has 0 saturated carbocycles. The number of phenols is 1. The minimum absolute atomic E-state index is 0.00260. The molecule has 1 aromatic carbocycles. The molecule has 0 radical (unpaired) electrons. The quantitative estimate of drug-likeness (QED) is 0.595. The second-order valence-electron chi connectivity index (χ2n) is 3.84. The summed E-state index contributed by atoms with van der Waals surface area (Å²) in [7, 11) is 0. The first kappa shape index (κ1) is 14.7. The molecule has 0 aliphatic rings. The van der Waals surface area contributed by atoms with Crippen molar-refractivity contribution in [3.05, 3.63) is 29.3 Å². The number of phenolic OH excluding ortho intramolecular Hbond substituents is 1. The molecule has 0 aromatic heterocycles. The van der Waals surface area contributed by atoms with Crippen molar-refractivity contribution in [3.8, 4) is 5.75 Å². The molecule has 0 saturated heterocycles. The molecule has 1 rings (SSSR count). The predicted octanol–water partition coefficient (Wildman–Crippen LogP) is 1.33. The Morgan fingerprint density at radius 2 is 2.11 bits per heavy atom. The van der Waals surface area contributed by atoms with Crippen LogP contribution in [0.1, 0.15) is 35.2 Å². The molecule has 0 amide bonds. The fraction of sp³-hybridized carbons (Fsp3) is 0.308. The molecule has 6 nitrogen and oxygen atoms in total. The second kappa shape index (κ2) is 6.53. The Kier molecular flexibility index (Phi) is 5.05. The lowest BCUT2D eigenvalue weighted by Gasteiger charge is -2.14. The molecule has 2 N–H and O–H groups in total. The van der Waals surface area contributed by atoms with E-state index in [1.807, 2.05) is 0 Å². The van der Waals surface area contributed by atoms with Gasteiger partial charge in [0.2, 0.25) is 0 Å². The average molecular weight is 266 g/mol. The predicted molar refractivity (Wildman–Crippen MR) is 65.1 cm³/mol. The number of benzene rings is 1. The lowest BCUT2D eigenvalue weighted by atomic mass is 9.94. The molecule has 0 bridgehead atoms. The van der Waals surface area contributed by atoms with Gasteiger partial charge in [-0.1, -0.05) is 6.07 Å². The SMILES string of the molecule is CCOC(=O)C(CC(=O)O)c1ccc(O)c(C=O)c1. The third-order valence-electron chi connectivity index (χ3n) is 2.53. The molecule has 1 atom stereocenters. The molecule has 0 heterocycles. The lowest BCUT2D eigenvalue weighted by molar-refractivity contribution is -0.149. The number of hydrogen-bond acceptors (Lipinski definition) is 5. The number of carboxylic acids is 1. The maximum atomic E-state index is 11.7. The standard InChI is InChI=1S/C13H14O6/c1-2-19-13(18)10(6-12(16)17)8-3-4-11(15)9(5-8)7-14/h3-5,7,10,15H,2,6H2,1H3,(H,16,17). The van der Waals surface area contributed by atoms with E-state index >= 15 is 0 Å². The number of aromatic hydroxyl groups is 1. The van der Waals surface area contributed by atoms with E-state index in [-0.39, 0.29) is 17.9 Å². The average Bonchev–Trinajstić information content (AvgIpc) is 2.37. The second-order valence-corrected chi connectivity index (χ2v) is 3.84. The number of hydrogen-bond donors (Lipinski definition) is 2. The van der Waals surface area contributed by atoms with Crippen molar-refractivity contribution in [2.45, 2.75) is 19.3 Å². The van der Waals surface area contributed by atoms with Gasteiger partial charge in [0.15, 0.2) is 6.29 Å². The monoisotopic (exact) mass is 266 g/mol. The number of ether oxygens (including phenoxy) is 1. The van der Waals surface area contributed by atoms with Gasteiger partial charge >= 0.3 is 11.9 Å². The molecule has 1 aromatic rings. The van der Waals surface area contributed by atoms with Crippen LogP contribution in [0.2, 0.25) is 0 Å². The van der Waals surface area contributed by atoms with E-state index in [9.17, 15) is 19.5 Å². The van der Waals surface area contributed by atoms with Crippen molar-refractivity contribution < 1.29 is 29.3 Å². The molecule has 6 heteroatoms.